The molecule has 0 aliphatic carbocycles. The Hall–Kier alpha value is -2.65. The van der Waals surface area contributed by atoms with E-state index in [1.165, 1.54) is 13.8 Å². The molecule has 2 rings (SSSR count). The minimum Gasteiger partial charge on any atom is -0.481 e. The van der Waals surface area contributed by atoms with Crippen LogP contribution in [0.4, 0.5) is 0 Å². The van der Waals surface area contributed by atoms with E-state index in [1.807, 2.05) is 0 Å². The van der Waals surface area contributed by atoms with Gasteiger partial charge in [0.25, 0.3) is 5.91 Å². The number of hydrogen-bond donors (Lipinski definition) is 3. The zero-order valence-electron chi connectivity index (χ0n) is 13.6. The second-order valence-corrected chi connectivity index (χ2v) is 7.09. The van der Waals surface area contributed by atoms with E-state index in [2.05, 4.69) is 5.32 Å². The van der Waals surface area contributed by atoms with E-state index < -0.39 is 33.9 Å². The molecule has 1 heterocycles. The van der Waals surface area contributed by atoms with Gasteiger partial charge in [0.2, 0.25) is 10.0 Å². The number of primary sulfonamides is 1. The first kappa shape index (κ1) is 18.7. The topological polar surface area (TPSA) is 140 Å². The van der Waals surface area contributed by atoms with Gasteiger partial charge in [0, 0.05) is 6.07 Å². The molecule has 1 amide bonds. The van der Waals surface area contributed by atoms with E-state index >= 15 is 0 Å². The number of carboxylic acids is 1. The molecule has 0 saturated carbocycles. The molecule has 2 aromatic rings. The zero-order valence-corrected chi connectivity index (χ0v) is 14.4. The molecule has 1 aromatic heterocycles. The summed E-state index contributed by atoms with van der Waals surface area (Å²) in [6.07, 6.45) is 0. The summed E-state index contributed by atoms with van der Waals surface area (Å²) in [5, 5.41) is 16.9. The fourth-order valence-electron chi connectivity index (χ4n) is 2.37. The number of aryl methyl sites for hydroxylation is 1. The predicted molar refractivity (Wildman–Crippen MR) is 88.3 cm³/mol. The molecule has 1 aromatic carbocycles. The molecule has 0 radical (unpaired) electrons. The van der Waals surface area contributed by atoms with E-state index in [-0.39, 0.29) is 16.4 Å². The van der Waals surface area contributed by atoms with Gasteiger partial charge in [-0.15, -0.1) is 0 Å². The second-order valence-electron chi connectivity index (χ2n) is 5.56. The summed E-state index contributed by atoms with van der Waals surface area (Å²) in [6.45, 7) is 2.83. The maximum absolute atomic E-state index is 12.4. The number of furan rings is 1. The van der Waals surface area contributed by atoms with Gasteiger partial charge in [-0.3, -0.25) is 9.59 Å². The molecule has 0 fully saturated rings. The normalized spacial score (nSPS) is 13.9. The molecule has 2 atom stereocenters. The zero-order chi connectivity index (χ0) is 18.8. The number of sulfonamides is 1. The Kier molecular flexibility index (Phi) is 5.29. The number of nitrogens with one attached hydrogen (secondary N) is 1. The monoisotopic (exact) mass is 366 g/mol. The first-order valence-corrected chi connectivity index (χ1v) is 8.87. The van der Waals surface area contributed by atoms with Crippen LogP contribution in [0.5, 0.6) is 0 Å². The first-order valence-electron chi connectivity index (χ1n) is 7.33. The van der Waals surface area contributed by atoms with Gasteiger partial charge in [0.1, 0.15) is 10.7 Å². The predicted octanol–water partition coefficient (Wildman–Crippen LogP) is 1.43. The van der Waals surface area contributed by atoms with Gasteiger partial charge in [0.15, 0.2) is 5.76 Å². The Balaban J connectivity index is 2.33. The number of carboxylic acid groups (broad SMARTS) is 1. The molecule has 8 nitrogen and oxygen atoms in total. The number of rotatable bonds is 6. The summed E-state index contributed by atoms with van der Waals surface area (Å²) in [7, 11) is -4.02. The minimum absolute atomic E-state index is 0.0183. The third-order valence-corrected chi connectivity index (χ3v) is 4.76. The van der Waals surface area contributed by atoms with Crippen LogP contribution in [-0.4, -0.2) is 25.4 Å². The van der Waals surface area contributed by atoms with E-state index in [1.54, 1.807) is 30.3 Å². The Labute approximate surface area is 144 Å². The highest BCUT2D eigenvalue weighted by molar-refractivity contribution is 7.89. The summed E-state index contributed by atoms with van der Waals surface area (Å²) < 4.78 is 28.0. The molecule has 0 aliphatic heterocycles. The van der Waals surface area contributed by atoms with E-state index in [0.717, 1.165) is 6.07 Å². The van der Waals surface area contributed by atoms with Gasteiger partial charge in [-0.25, -0.2) is 13.6 Å². The third kappa shape index (κ3) is 4.25. The van der Waals surface area contributed by atoms with Crippen LogP contribution in [0.25, 0.3) is 0 Å². The van der Waals surface area contributed by atoms with Gasteiger partial charge in [0.05, 0.1) is 12.0 Å². The van der Waals surface area contributed by atoms with Gasteiger partial charge in [-0.05, 0) is 19.4 Å². The van der Waals surface area contributed by atoms with Gasteiger partial charge >= 0.3 is 5.97 Å². The van der Waals surface area contributed by atoms with Crippen molar-refractivity contribution in [1.82, 2.24) is 5.32 Å². The molecule has 0 bridgehead atoms. The number of carbonyl (C=O) groups is 2. The van der Waals surface area contributed by atoms with Crippen LogP contribution in [0, 0.1) is 12.8 Å². The van der Waals surface area contributed by atoms with Crippen molar-refractivity contribution >= 4 is 21.9 Å². The van der Waals surface area contributed by atoms with Crippen LogP contribution < -0.4 is 10.5 Å². The lowest BCUT2D eigenvalue weighted by atomic mass is 9.94. The quantitative estimate of drug-likeness (QED) is 0.706. The fraction of sp³-hybridized carbons (Fsp3) is 0.250. The molecule has 2 unspecified atom stereocenters. The lowest BCUT2D eigenvalue weighted by molar-refractivity contribution is -0.142. The summed E-state index contributed by atoms with van der Waals surface area (Å²) in [5.41, 5.74) is 0.598. The van der Waals surface area contributed by atoms with Crippen LogP contribution >= 0.6 is 0 Å². The SMILES string of the molecule is Cc1oc(C(=O)NC(c2ccccc2)C(C)C(=O)O)cc1S(N)(=O)=O. The van der Waals surface area contributed by atoms with Crippen LogP contribution in [0.15, 0.2) is 45.7 Å². The average Bonchev–Trinajstić information content (AvgIpc) is 2.94. The van der Waals surface area contributed by atoms with Crippen molar-refractivity contribution in [2.24, 2.45) is 11.1 Å². The third-order valence-electron chi connectivity index (χ3n) is 3.74. The maximum atomic E-state index is 12.4. The summed E-state index contributed by atoms with van der Waals surface area (Å²) in [6, 6.07) is 8.78. The Morgan fingerprint density at radius 3 is 2.32 bits per heavy atom. The largest absolute Gasteiger partial charge is 0.481 e. The molecular weight excluding hydrogens is 348 g/mol. The van der Waals surface area contributed by atoms with Crippen molar-refractivity contribution in [3.05, 3.63) is 53.5 Å². The van der Waals surface area contributed by atoms with Crippen molar-refractivity contribution in [2.45, 2.75) is 24.8 Å². The highest BCUT2D eigenvalue weighted by Gasteiger charge is 2.29. The molecule has 0 saturated heterocycles. The van der Waals surface area contributed by atoms with Crippen LogP contribution in [-0.2, 0) is 14.8 Å². The number of benzene rings is 1. The lowest BCUT2D eigenvalue weighted by Crippen LogP contribution is -2.35. The number of hydrogen-bond acceptors (Lipinski definition) is 5. The lowest BCUT2D eigenvalue weighted by Gasteiger charge is -2.22. The van der Waals surface area contributed by atoms with E-state index in [0.29, 0.717) is 5.56 Å². The maximum Gasteiger partial charge on any atom is 0.308 e. The Bertz CT molecular complexity index is 889. The average molecular weight is 366 g/mol. The second kappa shape index (κ2) is 7.08. The van der Waals surface area contributed by atoms with Crippen LogP contribution in [0.1, 0.15) is 34.8 Å². The van der Waals surface area contributed by atoms with Crippen molar-refractivity contribution in [3.63, 3.8) is 0 Å². The van der Waals surface area contributed by atoms with E-state index in [4.69, 9.17) is 9.56 Å². The van der Waals surface area contributed by atoms with Crippen LogP contribution in [0.2, 0.25) is 0 Å². The van der Waals surface area contributed by atoms with Crippen molar-refractivity contribution in [2.75, 3.05) is 0 Å². The minimum atomic E-state index is -4.02. The smallest absolute Gasteiger partial charge is 0.308 e. The summed E-state index contributed by atoms with van der Waals surface area (Å²) in [4.78, 5) is 23.5. The summed E-state index contributed by atoms with van der Waals surface area (Å²) in [5.74, 6) is -3.02. The number of aliphatic carboxylic acids is 1. The number of carbonyl (C=O) groups excluding carboxylic acids is 1. The fourth-order valence-corrected chi connectivity index (χ4v) is 3.09. The van der Waals surface area contributed by atoms with Crippen molar-refractivity contribution in [3.8, 4) is 0 Å². The molecule has 25 heavy (non-hydrogen) atoms. The highest BCUT2D eigenvalue weighted by atomic mass is 32.2. The van der Waals surface area contributed by atoms with Crippen molar-refractivity contribution in [1.29, 1.82) is 0 Å². The molecule has 134 valence electrons. The van der Waals surface area contributed by atoms with E-state index in [9.17, 15) is 23.1 Å². The molecule has 4 N–H and O–H groups in total. The molecule has 9 heteroatoms. The van der Waals surface area contributed by atoms with Crippen LogP contribution in [0.3, 0.4) is 0 Å². The number of amides is 1. The summed E-state index contributed by atoms with van der Waals surface area (Å²) >= 11 is 0. The van der Waals surface area contributed by atoms with Gasteiger partial charge in [-0.1, -0.05) is 30.3 Å². The number of nitrogens with two attached hydrogens (primary N) is 1. The molecule has 0 spiro atoms. The Morgan fingerprint density at radius 1 is 1.24 bits per heavy atom. The standard InChI is InChI=1S/C16H18N2O6S/c1-9(16(20)21)14(11-6-4-3-5-7-11)18-15(19)12-8-13(10(2)24-12)25(17,22)23/h3-9,14H,1-2H3,(H,18,19)(H,20,21)(H2,17,22,23). The highest BCUT2D eigenvalue weighted by Crippen LogP contribution is 2.24. The molecular formula is C16H18N2O6S. The first-order chi connectivity index (χ1) is 11.6. The van der Waals surface area contributed by atoms with Gasteiger partial charge in [-0.2, -0.15) is 0 Å². The van der Waals surface area contributed by atoms with Crippen molar-refractivity contribution < 1.29 is 27.5 Å². The Morgan fingerprint density at radius 2 is 1.84 bits per heavy atom. The van der Waals surface area contributed by atoms with Gasteiger partial charge < -0.3 is 14.8 Å². The molecule has 0 aliphatic rings.